The largest absolute Gasteiger partial charge is 0.453 e. The van der Waals surface area contributed by atoms with Gasteiger partial charge in [0.05, 0.1) is 11.3 Å². The number of ketones is 1. The van der Waals surface area contributed by atoms with Crippen LogP contribution in [0.5, 0.6) is 0 Å². The highest BCUT2D eigenvalue weighted by Gasteiger charge is 2.21. The van der Waals surface area contributed by atoms with Gasteiger partial charge in [0.15, 0.2) is 11.9 Å². The zero-order chi connectivity index (χ0) is 21.6. The van der Waals surface area contributed by atoms with E-state index in [1.165, 1.54) is 19.1 Å². The molecule has 0 aliphatic heterocycles. The predicted octanol–water partition coefficient (Wildman–Crippen LogP) is 3.92. The fraction of sp³-hybridized carbons (Fsp3) is 0.211. The van der Waals surface area contributed by atoms with Gasteiger partial charge < -0.3 is 10.1 Å². The van der Waals surface area contributed by atoms with Crippen LogP contribution in [0, 0.1) is 15.9 Å². The molecule has 8 nitrogen and oxygen atoms in total. The average Bonchev–Trinajstić information content (AvgIpc) is 2.67. The van der Waals surface area contributed by atoms with Crippen LogP contribution in [-0.2, 0) is 14.3 Å². The lowest BCUT2D eigenvalue weighted by Crippen LogP contribution is -2.30. The molecule has 2 rings (SSSR count). The number of esters is 1. The molecule has 1 atom stereocenters. The molecule has 0 aliphatic rings. The number of nitro benzene ring substituents is 1. The zero-order valence-corrected chi connectivity index (χ0v) is 15.9. The van der Waals surface area contributed by atoms with Crippen molar-refractivity contribution in [3.05, 3.63) is 69.0 Å². The van der Waals surface area contributed by atoms with Crippen LogP contribution in [-0.4, -0.2) is 28.7 Å². The van der Waals surface area contributed by atoms with E-state index in [1.807, 2.05) is 0 Å². The summed E-state index contributed by atoms with van der Waals surface area (Å²) in [4.78, 5) is 45.8. The highest BCUT2D eigenvalue weighted by Crippen LogP contribution is 2.22. The van der Waals surface area contributed by atoms with Gasteiger partial charge in [-0.15, -0.1) is 0 Å². The first-order valence-electron chi connectivity index (χ1n) is 8.40. The second-order valence-corrected chi connectivity index (χ2v) is 6.41. The number of carbonyl (C=O) groups excluding carboxylic acids is 3. The van der Waals surface area contributed by atoms with Crippen LogP contribution < -0.4 is 5.32 Å². The summed E-state index contributed by atoms with van der Waals surface area (Å²) in [6, 6.07) is 9.01. The van der Waals surface area contributed by atoms with E-state index in [4.69, 9.17) is 16.3 Å². The van der Waals surface area contributed by atoms with E-state index in [0.29, 0.717) is 10.6 Å². The number of carbonyl (C=O) groups is 3. The van der Waals surface area contributed by atoms with Gasteiger partial charge in [-0.2, -0.15) is 4.39 Å². The highest BCUT2D eigenvalue weighted by molar-refractivity contribution is 6.30. The minimum absolute atomic E-state index is 0.0242. The topological polar surface area (TPSA) is 116 Å². The second kappa shape index (κ2) is 9.74. The van der Waals surface area contributed by atoms with Crippen molar-refractivity contribution in [3.8, 4) is 0 Å². The summed E-state index contributed by atoms with van der Waals surface area (Å²) in [5, 5.41) is 13.5. The summed E-state index contributed by atoms with van der Waals surface area (Å²) in [7, 11) is 0. The smallest absolute Gasteiger partial charge is 0.307 e. The number of Topliss-reactive ketones (excluding diaryl/α,β-unsaturated/α-hetero) is 1. The number of halogens is 2. The quantitative estimate of drug-likeness (QED) is 0.298. The molecule has 1 amide bonds. The third-order valence-corrected chi connectivity index (χ3v) is 4.06. The van der Waals surface area contributed by atoms with Gasteiger partial charge in [0, 0.05) is 28.8 Å². The molecule has 0 aromatic heterocycles. The van der Waals surface area contributed by atoms with E-state index in [9.17, 15) is 28.9 Å². The zero-order valence-electron chi connectivity index (χ0n) is 15.2. The molecule has 152 valence electrons. The Bertz CT molecular complexity index is 948. The normalized spacial score (nSPS) is 11.4. The van der Waals surface area contributed by atoms with Gasteiger partial charge in [0.2, 0.25) is 5.82 Å². The van der Waals surface area contributed by atoms with Crippen molar-refractivity contribution in [1.82, 2.24) is 0 Å². The maximum Gasteiger partial charge on any atom is 0.307 e. The van der Waals surface area contributed by atoms with Crippen molar-refractivity contribution in [2.45, 2.75) is 25.9 Å². The summed E-state index contributed by atoms with van der Waals surface area (Å²) in [6.45, 7) is 1.30. The maximum absolute atomic E-state index is 13.3. The van der Waals surface area contributed by atoms with Crippen LogP contribution in [0.1, 0.15) is 30.1 Å². The summed E-state index contributed by atoms with van der Waals surface area (Å²) in [6.07, 6.45) is -1.57. The van der Waals surface area contributed by atoms with Gasteiger partial charge in [0.1, 0.15) is 0 Å². The Morgan fingerprint density at radius 3 is 2.45 bits per heavy atom. The molecule has 29 heavy (non-hydrogen) atoms. The first kappa shape index (κ1) is 22.0. The van der Waals surface area contributed by atoms with Crippen LogP contribution in [0.3, 0.4) is 0 Å². The number of ether oxygens (including phenoxy) is 1. The number of amides is 1. The fourth-order valence-electron chi connectivity index (χ4n) is 2.28. The Morgan fingerprint density at radius 1 is 1.17 bits per heavy atom. The van der Waals surface area contributed by atoms with E-state index < -0.39 is 34.4 Å². The number of hydrogen-bond acceptors (Lipinski definition) is 6. The van der Waals surface area contributed by atoms with Crippen molar-refractivity contribution in [2.24, 2.45) is 0 Å². The Morgan fingerprint density at radius 2 is 1.83 bits per heavy atom. The van der Waals surface area contributed by atoms with Gasteiger partial charge >= 0.3 is 11.7 Å². The molecule has 0 saturated carbocycles. The van der Waals surface area contributed by atoms with E-state index in [1.54, 1.807) is 12.1 Å². The Kier molecular flexibility index (Phi) is 7.38. The molecule has 0 aliphatic carbocycles. The summed E-state index contributed by atoms with van der Waals surface area (Å²) < 4.78 is 18.3. The third-order valence-electron chi connectivity index (χ3n) is 3.81. The standard InChI is InChI=1S/C19H16ClFN2O6/c1-11(19(26)22-14-6-7-15(21)16(10-14)23(27)28)29-18(25)9-8-17(24)12-2-4-13(20)5-3-12/h2-7,10-11H,8-9H2,1H3,(H,22,26). The third kappa shape index (κ3) is 6.35. The lowest BCUT2D eigenvalue weighted by atomic mass is 10.1. The first-order valence-corrected chi connectivity index (χ1v) is 8.78. The Labute approximate surface area is 169 Å². The minimum Gasteiger partial charge on any atom is -0.453 e. The second-order valence-electron chi connectivity index (χ2n) is 5.97. The molecule has 0 radical (unpaired) electrons. The van der Waals surface area contributed by atoms with Crippen molar-refractivity contribution in [1.29, 1.82) is 0 Å². The van der Waals surface area contributed by atoms with Crippen LogP contribution in [0.25, 0.3) is 0 Å². The van der Waals surface area contributed by atoms with Gasteiger partial charge in [-0.05, 0) is 43.3 Å². The number of nitro groups is 1. The number of nitrogens with zero attached hydrogens (tertiary/aromatic N) is 1. The number of hydrogen-bond donors (Lipinski definition) is 1. The summed E-state index contributed by atoms with van der Waals surface area (Å²) in [5.41, 5.74) is -0.428. The number of anilines is 1. The van der Waals surface area contributed by atoms with E-state index in [2.05, 4.69) is 5.32 Å². The molecule has 2 aromatic rings. The molecule has 1 unspecified atom stereocenters. The molecular formula is C19H16ClFN2O6. The van der Waals surface area contributed by atoms with E-state index in [-0.39, 0.29) is 24.3 Å². The summed E-state index contributed by atoms with van der Waals surface area (Å²) >= 11 is 5.75. The highest BCUT2D eigenvalue weighted by atomic mass is 35.5. The maximum atomic E-state index is 13.3. The van der Waals surface area contributed by atoms with Gasteiger partial charge in [-0.3, -0.25) is 24.5 Å². The molecule has 0 saturated heterocycles. The molecule has 1 N–H and O–H groups in total. The van der Waals surface area contributed by atoms with Gasteiger partial charge in [-0.1, -0.05) is 11.6 Å². The monoisotopic (exact) mass is 422 g/mol. The molecule has 0 spiro atoms. The van der Waals surface area contributed by atoms with Crippen LogP contribution in [0.4, 0.5) is 15.8 Å². The van der Waals surface area contributed by atoms with Crippen molar-refractivity contribution >= 4 is 40.6 Å². The molecular weight excluding hydrogens is 407 g/mol. The molecule has 0 heterocycles. The molecule has 2 aromatic carbocycles. The Balaban J connectivity index is 1.86. The van der Waals surface area contributed by atoms with E-state index in [0.717, 1.165) is 18.2 Å². The fourth-order valence-corrected chi connectivity index (χ4v) is 2.41. The SMILES string of the molecule is CC(OC(=O)CCC(=O)c1ccc(Cl)cc1)C(=O)Nc1ccc(F)c([N+](=O)[O-])c1. The minimum atomic E-state index is -1.22. The number of benzene rings is 2. The lowest BCUT2D eigenvalue weighted by Gasteiger charge is -2.13. The predicted molar refractivity (Wildman–Crippen MR) is 102 cm³/mol. The summed E-state index contributed by atoms with van der Waals surface area (Å²) in [5.74, 6) is -2.85. The average molecular weight is 423 g/mol. The lowest BCUT2D eigenvalue weighted by molar-refractivity contribution is -0.387. The molecule has 0 fully saturated rings. The van der Waals surface area contributed by atoms with Crippen molar-refractivity contribution in [2.75, 3.05) is 5.32 Å². The van der Waals surface area contributed by atoms with E-state index >= 15 is 0 Å². The van der Waals surface area contributed by atoms with Crippen LogP contribution in [0.2, 0.25) is 5.02 Å². The van der Waals surface area contributed by atoms with Crippen molar-refractivity contribution in [3.63, 3.8) is 0 Å². The Hall–Kier alpha value is -3.33. The molecule has 0 bridgehead atoms. The first-order chi connectivity index (χ1) is 13.7. The van der Waals surface area contributed by atoms with Gasteiger partial charge in [-0.25, -0.2) is 0 Å². The molecule has 10 heteroatoms. The van der Waals surface area contributed by atoms with Gasteiger partial charge in [0.25, 0.3) is 5.91 Å². The number of nitrogens with one attached hydrogen (secondary N) is 1. The number of rotatable bonds is 8. The van der Waals surface area contributed by atoms with Crippen molar-refractivity contribution < 1.29 is 28.4 Å². The van der Waals surface area contributed by atoms with Crippen LogP contribution >= 0.6 is 11.6 Å². The van der Waals surface area contributed by atoms with Crippen LogP contribution in [0.15, 0.2) is 42.5 Å².